The van der Waals surface area contributed by atoms with Gasteiger partial charge < -0.3 is 10.0 Å². The Morgan fingerprint density at radius 3 is 2.79 bits per heavy atom. The number of amidine groups is 1. The normalized spacial score (nSPS) is 14.9. The fourth-order valence-corrected chi connectivity index (χ4v) is 4.17. The molecule has 0 atom stereocenters. The van der Waals surface area contributed by atoms with Crippen molar-refractivity contribution in [1.82, 2.24) is 4.98 Å². The second-order valence-corrected chi connectivity index (χ2v) is 7.14. The van der Waals surface area contributed by atoms with Crippen molar-refractivity contribution in [2.45, 2.75) is 6.92 Å². The maximum atomic E-state index is 10.5. The van der Waals surface area contributed by atoms with Crippen LogP contribution >= 0.6 is 22.9 Å². The molecule has 4 rings (SSSR count). The summed E-state index contributed by atoms with van der Waals surface area (Å²) >= 11 is 7.51. The second kappa shape index (κ2) is 5.61. The van der Waals surface area contributed by atoms with Crippen molar-refractivity contribution < 1.29 is 5.11 Å². The van der Waals surface area contributed by atoms with E-state index in [1.807, 2.05) is 43.3 Å². The Hall–Kier alpha value is -2.37. The molecule has 1 aromatic heterocycles. The highest BCUT2D eigenvalue weighted by Crippen LogP contribution is 2.36. The number of aliphatic hydroxyl groups is 1. The quantitative estimate of drug-likeness (QED) is 0.678. The summed E-state index contributed by atoms with van der Waals surface area (Å²) in [6.45, 7) is 2.22. The number of rotatable bonds is 2. The van der Waals surface area contributed by atoms with E-state index >= 15 is 0 Å². The van der Waals surface area contributed by atoms with Crippen molar-refractivity contribution >= 4 is 50.3 Å². The molecule has 1 aliphatic heterocycles. The molecular weight excluding hydrogens is 342 g/mol. The molecule has 0 radical (unpaired) electrons. The first-order chi connectivity index (χ1) is 11.5. The molecule has 0 fully saturated rings. The molecule has 24 heavy (non-hydrogen) atoms. The lowest BCUT2D eigenvalue weighted by Crippen LogP contribution is -2.26. The number of aromatic nitrogens is 1. The fourth-order valence-electron chi connectivity index (χ4n) is 2.91. The number of fused-ring (bicyclic) bond motifs is 1. The van der Waals surface area contributed by atoms with Gasteiger partial charge in [-0.2, -0.15) is 0 Å². The van der Waals surface area contributed by atoms with Gasteiger partial charge in [0, 0.05) is 10.7 Å². The van der Waals surface area contributed by atoms with E-state index in [4.69, 9.17) is 17.0 Å². The van der Waals surface area contributed by atoms with Crippen LogP contribution in [0.2, 0.25) is 5.02 Å². The Labute approximate surface area is 148 Å². The van der Waals surface area contributed by atoms with Gasteiger partial charge in [0.25, 0.3) is 0 Å². The summed E-state index contributed by atoms with van der Waals surface area (Å²) in [6.07, 6.45) is 0. The summed E-state index contributed by atoms with van der Waals surface area (Å²) < 4.78 is 1.04. The maximum absolute atomic E-state index is 10.5. The highest BCUT2D eigenvalue weighted by atomic mass is 35.5. The largest absolute Gasteiger partial charge is 0.510 e. The zero-order valence-corrected chi connectivity index (χ0v) is 14.4. The predicted molar refractivity (Wildman–Crippen MR) is 100 cm³/mol. The molecule has 0 saturated carbocycles. The van der Waals surface area contributed by atoms with Gasteiger partial charge in [0.1, 0.15) is 16.6 Å². The van der Waals surface area contributed by atoms with Crippen LogP contribution < -0.4 is 4.90 Å². The van der Waals surface area contributed by atoms with Gasteiger partial charge in [-0.3, -0.25) is 5.41 Å². The highest BCUT2D eigenvalue weighted by Gasteiger charge is 2.32. The van der Waals surface area contributed by atoms with Gasteiger partial charge in [-0.05, 0) is 42.8 Å². The maximum Gasteiger partial charge on any atom is 0.139 e. The van der Waals surface area contributed by atoms with Crippen LogP contribution in [0.15, 0.2) is 48.2 Å². The van der Waals surface area contributed by atoms with Crippen LogP contribution in [0.5, 0.6) is 0 Å². The first-order valence-corrected chi connectivity index (χ1v) is 8.64. The molecule has 3 aromatic rings. The second-order valence-electron chi connectivity index (χ2n) is 5.67. The van der Waals surface area contributed by atoms with Crippen LogP contribution in [0.4, 0.5) is 5.69 Å². The van der Waals surface area contributed by atoms with Crippen molar-refractivity contribution in [3.8, 4) is 0 Å². The number of nitrogens with one attached hydrogen (secondary N) is 1. The lowest BCUT2D eigenvalue weighted by molar-refractivity contribution is 0.411. The first kappa shape index (κ1) is 15.2. The van der Waals surface area contributed by atoms with Crippen LogP contribution in [0.25, 0.3) is 15.8 Å². The molecule has 0 unspecified atom stereocenters. The number of nitrogens with zero attached hydrogens (tertiary/aromatic N) is 2. The van der Waals surface area contributed by atoms with E-state index in [2.05, 4.69) is 4.98 Å². The highest BCUT2D eigenvalue weighted by molar-refractivity contribution is 7.19. The molecule has 4 nitrogen and oxygen atoms in total. The van der Waals surface area contributed by atoms with E-state index in [0.717, 1.165) is 21.5 Å². The van der Waals surface area contributed by atoms with Gasteiger partial charge in [0.15, 0.2) is 0 Å². The topological polar surface area (TPSA) is 60.2 Å². The lowest BCUT2D eigenvalue weighted by atomic mass is 10.2. The van der Waals surface area contributed by atoms with Crippen molar-refractivity contribution in [3.05, 3.63) is 63.8 Å². The van der Waals surface area contributed by atoms with Crippen LogP contribution in [-0.4, -0.2) is 22.5 Å². The van der Waals surface area contributed by atoms with Gasteiger partial charge in [-0.15, -0.1) is 11.3 Å². The zero-order valence-electron chi connectivity index (χ0n) is 12.9. The van der Waals surface area contributed by atoms with Gasteiger partial charge in [0.2, 0.25) is 0 Å². The predicted octanol–water partition coefficient (Wildman–Crippen LogP) is 5.02. The van der Waals surface area contributed by atoms with Gasteiger partial charge in [-0.25, -0.2) is 4.98 Å². The van der Waals surface area contributed by atoms with Gasteiger partial charge in [-0.1, -0.05) is 23.7 Å². The summed E-state index contributed by atoms with van der Waals surface area (Å²) in [6, 6.07) is 13.4. The minimum atomic E-state index is 0.174. The minimum Gasteiger partial charge on any atom is -0.510 e. The molecule has 2 heterocycles. The summed E-state index contributed by atoms with van der Waals surface area (Å²) in [5.41, 5.74) is 3.22. The van der Waals surface area contributed by atoms with E-state index < -0.39 is 0 Å². The lowest BCUT2D eigenvalue weighted by Gasteiger charge is -2.21. The number of hydrogen-bond acceptors (Lipinski definition) is 4. The van der Waals surface area contributed by atoms with E-state index in [0.29, 0.717) is 15.6 Å². The SMILES string of the molecule is Cc1cc(Cl)ccc1N1CC(O)=C(c2nc3ccccc3s2)C1=N. The van der Waals surface area contributed by atoms with E-state index in [1.54, 1.807) is 11.0 Å². The number of aryl methyl sites for hydroxylation is 1. The number of para-hydroxylation sites is 1. The van der Waals surface area contributed by atoms with Crippen molar-refractivity contribution in [1.29, 1.82) is 5.41 Å². The summed E-state index contributed by atoms with van der Waals surface area (Å²) in [4.78, 5) is 6.35. The molecule has 0 bridgehead atoms. The monoisotopic (exact) mass is 355 g/mol. The molecule has 0 aliphatic carbocycles. The molecule has 0 spiro atoms. The van der Waals surface area contributed by atoms with Crippen LogP contribution in [0, 0.1) is 12.3 Å². The third kappa shape index (κ3) is 2.37. The number of aliphatic hydroxyl groups excluding tert-OH is 1. The molecule has 1 aliphatic rings. The van der Waals surface area contributed by atoms with Gasteiger partial charge >= 0.3 is 0 Å². The number of hydrogen-bond donors (Lipinski definition) is 2. The van der Waals surface area contributed by atoms with Crippen molar-refractivity contribution in [2.24, 2.45) is 0 Å². The molecule has 120 valence electrons. The Balaban J connectivity index is 1.75. The zero-order chi connectivity index (χ0) is 16.8. The molecular formula is C18H14ClN3OS. The summed E-state index contributed by atoms with van der Waals surface area (Å²) in [5.74, 6) is 0.436. The van der Waals surface area contributed by atoms with E-state index in [-0.39, 0.29) is 18.1 Å². The number of anilines is 1. The first-order valence-electron chi connectivity index (χ1n) is 7.45. The average Bonchev–Trinajstić information content (AvgIpc) is 3.08. The molecule has 6 heteroatoms. The van der Waals surface area contributed by atoms with E-state index in [1.165, 1.54) is 11.3 Å². The standard InChI is InChI=1S/C18H14ClN3OS/c1-10-8-11(19)6-7-13(10)22-9-14(23)16(17(22)20)18-21-12-4-2-3-5-15(12)24-18/h2-8,20,23H,9H2,1H3. The van der Waals surface area contributed by atoms with Crippen LogP contribution in [-0.2, 0) is 0 Å². The number of benzene rings is 2. The van der Waals surface area contributed by atoms with Crippen molar-refractivity contribution in [3.63, 3.8) is 0 Å². The Bertz CT molecular complexity index is 975. The Morgan fingerprint density at radius 2 is 2.04 bits per heavy atom. The smallest absolute Gasteiger partial charge is 0.139 e. The van der Waals surface area contributed by atoms with E-state index in [9.17, 15) is 5.11 Å². The number of thiazole rings is 1. The third-order valence-corrected chi connectivity index (χ3v) is 5.35. The summed E-state index contributed by atoms with van der Waals surface area (Å²) in [7, 11) is 0. The summed E-state index contributed by atoms with van der Waals surface area (Å²) in [5, 5.41) is 20.3. The average molecular weight is 356 g/mol. The fraction of sp³-hybridized carbons (Fsp3) is 0.111. The Morgan fingerprint density at radius 1 is 1.25 bits per heavy atom. The molecule has 0 amide bonds. The van der Waals surface area contributed by atoms with Crippen molar-refractivity contribution in [2.75, 3.05) is 11.4 Å². The molecule has 0 saturated heterocycles. The van der Waals surface area contributed by atoms with Crippen LogP contribution in [0.3, 0.4) is 0 Å². The number of halogens is 1. The van der Waals surface area contributed by atoms with Crippen LogP contribution in [0.1, 0.15) is 10.6 Å². The third-order valence-electron chi connectivity index (χ3n) is 4.06. The Kier molecular flexibility index (Phi) is 3.55. The minimum absolute atomic E-state index is 0.174. The molecule has 2 aromatic carbocycles. The molecule has 2 N–H and O–H groups in total. The van der Waals surface area contributed by atoms with Gasteiger partial charge in [0.05, 0.1) is 22.3 Å².